The van der Waals surface area contributed by atoms with Gasteiger partial charge >= 0.3 is 5.97 Å². The molecule has 0 amide bonds. The summed E-state index contributed by atoms with van der Waals surface area (Å²) >= 11 is 0. The predicted molar refractivity (Wildman–Crippen MR) is 66.0 cm³/mol. The van der Waals surface area contributed by atoms with Crippen molar-refractivity contribution in [1.29, 1.82) is 5.26 Å². The fourth-order valence-electron chi connectivity index (χ4n) is 1.77. The minimum absolute atomic E-state index is 0.318. The second-order valence-electron chi connectivity index (χ2n) is 4.94. The van der Waals surface area contributed by atoms with Gasteiger partial charge in [-0.2, -0.15) is 5.26 Å². The highest BCUT2D eigenvalue weighted by Gasteiger charge is 2.28. The van der Waals surface area contributed by atoms with Crippen molar-refractivity contribution in [3.8, 4) is 6.07 Å². The van der Waals surface area contributed by atoms with Crippen LogP contribution in [0.4, 0.5) is 0 Å². The number of carboxylic acid groups (broad SMARTS) is 1. The Morgan fingerprint density at radius 3 is 2.78 bits per heavy atom. The van der Waals surface area contributed by atoms with E-state index >= 15 is 0 Å². The van der Waals surface area contributed by atoms with E-state index in [2.05, 4.69) is 6.07 Å². The fourth-order valence-corrected chi connectivity index (χ4v) is 1.77. The van der Waals surface area contributed by atoms with E-state index in [1.54, 1.807) is 38.1 Å². The molecule has 92 valence electrons. The third-order valence-corrected chi connectivity index (χ3v) is 2.89. The molecule has 2 rings (SSSR count). The van der Waals surface area contributed by atoms with Crippen LogP contribution >= 0.6 is 0 Å². The van der Waals surface area contributed by atoms with E-state index in [1.165, 1.54) is 0 Å². The molecule has 1 aromatic carbocycles. The van der Waals surface area contributed by atoms with E-state index in [9.17, 15) is 4.79 Å². The van der Waals surface area contributed by atoms with E-state index in [4.69, 9.17) is 14.8 Å². The van der Waals surface area contributed by atoms with Crippen LogP contribution in [0.1, 0.15) is 25.2 Å². The SMILES string of the molecule is CC(C)(Cc1cc2cc(C#N)ccc2o1)C(=O)O. The second-order valence-corrected chi connectivity index (χ2v) is 4.94. The van der Waals surface area contributed by atoms with Gasteiger partial charge in [0.25, 0.3) is 0 Å². The molecule has 0 bridgehead atoms. The number of aliphatic carboxylic acids is 1. The Bertz CT molecular complexity index is 647. The molecule has 0 aliphatic heterocycles. The highest BCUT2D eigenvalue weighted by Crippen LogP contribution is 2.27. The molecule has 0 spiro atoms. The molecule has 0 radical (unpaired) electrons. The fraction of sp³-hybridized carbons (Fsp3) is 0.286. The molecule has 1 aromatic heterocycles. The number of hydrogen-bond acceptors (Lipinski definition) is 3. The summed E-state index contributed by atoms with van der Waals surface area (Å²) < 4.78 is 5.58. The third-order valence-electron chi connectivity index (χ3n) is 2.89. The number of nitriles is 1. The zero-order chi connectivity index (χ0) is 13.3. The Morgan fingerprint density at radius 2 is 2.17 bits per heavy atom. The molecule has 4 heteroatoms. The van der Waals surface area contributed by atoms with Gasteiger partial charge in [-0.05, 0) is 38.1 Å². The van der Waals surface area contributed by atoms with Crippen molar-refractivity contribution in [1.82, 2.24) is 0 Å². The lowest BCUT2D eigenvalue weighted by Crippen LogP contribution is -2.25. The van der Waals surface area contributed by atoms with Crippen LogP contribution < -0.4 is 0 Å². The number of benzene rings is 1. The molecule has 1 heterocycles. The topological polar surface area (TPSA) is 74.2 Å². The lowest BCUT2D eigenvalue weighted by Gasteiger charge is -2.16. The van der Waals surface area contributed by atoms with Crippen molar-refractivity contribution < 1.29 is 14.3 Å². The standard InChI is InChI=1S/C14H13NO3/c1-14(2,13(16)17)7-11-6-10-5-9(8-15)3-4-12(10)18-11/h3-6H,7H2,1-2H3,(H,16,17). The summed E-state index contributed by atoms with van der Waals surface area (Å²) in [5, 5.41) is 18.7. The highest BCUT2D eigenvalue weighted by atomic mass is 16.4. The maximum Gasteiger partial charge on any atom is 0.309 e. The quantitative estimate of drug-likeness (QED) is 0.899. The first-order valence-corrected chi connectivity index (χ1v) is 5.58. The van der Waals surface area contributed by atoms with Crippen molar-refractivity contribution >= 4 is 16.9 Å². The number of fused-ring (bicyclic) bond motifs is 1. The minimum atomic E-state index is -0.869. The average molecular weight is 243 g/mol. The summed E-state index contributed by atoms with van der Waals surface area (Å²) in [6.45, 7) is 3.31. The van der Waals surface area contributed by atoms with Gasteiger partial charge in [-0.25, -0.2) is 0 Å². The van der Waals surface area contributed by atoms with Crippen LogP contribution in [0.25, 0.3) is 11.0 Å². The van der Waals surface area contributed by atoms with E-state index in [0.29, 0.717) is 23.3 Å². The van der Waals surface area contributed by atoms with E-state index in [1.807, 2.05) is 0 Å². The summed E-state index contributed by atoms with van der Waals surface area (Å²) in [6, 6.07) is 8.99. The highest BCUT2D eigenvalue weighted by molar-refractivity contribution is 5.80. The van der Waals surface area contributed by atoms with Crippen LogP contribution in [-0.2, 0) is 11.2 Å². The number of furan rings is 1. The second kappa shape index (κ2) is 4.19. The molecule has 2 aromatic rings. The summed E-state index contributed by atoms with van der Waals surface area (Å²) in [5.74, 6) is -0.242. The van der Waals surface area contributed by atoms with Crippen LogP contribution in [0.15, 0.2) is 28.7 Å². The Morgan fingerprint density at radius 1 is 1.44 bits per heavy atom. The smallest absolute Gasteiger partial charge is 0.309 e. The van der Waals surface area contributed by atoms with Crippen LogP contribution in [-0.4, -0.2) is 11.1 Å². The molecular formula is C14H13NO3. The van der Waals surface area contributed by atoms with Crippen molar-refractivity contribution in [2.24, 2.45) is 5.41 Å². The zero-order valence-electron chi connectivity index (χ0n) is 10.2. The van der Waals surface area contributed by atoms with E-state index < -0.39 is 11.4 Å². The maximum absolute atomic E-state index is 11.1. The first-order chi connectivity index (χ1) is 8.42. The van der Waals surface area contributed by atoms with E-state index in [0.717, 1.165) is 5.39 Å². The van der Waals surface area contributed by atoms with Crippen LogP contribution in [0.5, 0.6) is 0 Å². The van der Waals surface area contributed by atoms with Gasteiger partial charge in [0.15, 0.2) is 0 Å². The summed E-state index contributed by atoms with van der Waals surface area (Å²) in [6.07, 6.45) is 0.318. The lowest BCUT2D eigenvalue weighted by atomic mass is 9.88. The van der Waals surface area contributed by atoms with Gasteiger partial charge in [-0.15, -0.1) is 0 Å². The van der Waals surface area contributed by atoms with Crippen molar-refractivity contribution in [2.45, 2.75) is 20.3 Å². The molecule has 1 N–H and O–H groups in total. The molecule has 4 nitrogen and oxygen atoms in total. The number of carboxylic acids is 1. The summed E-state index contributed by atoms with van der Waals surface area (Å²) in [4.78, 5) is 11.1. The average Bonchev–Trinajstić information content (AvgIpc) is 2.68. The molecule has 0 saturated carbocycles. The molecule has 18 heavy (non-hydrogen) atoms. The number of carbonyl (C=O) groups is 1. The van der Waals surface area contributed by atoms with Gasteiger partial charge in [0.2, 0.25) is 0 Å². The van der Waals surface area contributed by atoms with Crippen molar-refractivity contribution in [2.75, 3.05) is 0 Å². The van der Waals surface area contributed by atoms with Gasteiger partial charge in [-0.3, -0.25) is 4.79 Å². The largest absolute Gasteiger partial charge is 0.481 e. The van der Waals surface area contributed by atoms with Gasteiger partial charge < -0.3 is 9.52 Å². The minimum Gasteiger partial charge on any atom is -0.481 e. The molecule has 0 aliphatic rings. The first kappa shape index (κ1) is 12.2. The molecular weight excluding hydrogens is 230 g/mol. The maximum atomic E-state index is 11.1. The van der Waals surface area contributed by atoms with Gasteiger partial charge in [0.05, 0.1) is 17.0 Å². The lowest BCUT2D eigenvalue weighted by molar-refractivity contribution is -0.147. The molecule has 0 atom stereocenters. The summed E-state index contributed by atoms with van der Waals surface area (Å²) in [7, 11) is 0. The van der Waals surface area contributed by atoms with Gasteiger partial charge in [0.1, 0.15) is 11.3 Å². The van der Waals surface area contributed by atoms with Crippen LogP contribution in [0, 0.1) is 16.7 Å². The predicted octanol–water partition coefficient (Wildman–Crippen LogP) is 2.96. The Balaban J connectivity index is 2.37. The van der Waals surface area contributed by atoms with Crippen LogP contribution in [0.3, 0.4) is 0 Å². The zero-order valence-corrected chi connectivity index (χ0v) is 10.2. The monoisotopic (exact) mass is 243 g/mol. The molecule has 0 unspecified atom stereocenters. The first-order valence-electron chi connectivity index (χ1n) is 5.58. The van der Waals surface area contributed by atoms with Crippen molar-refractivity contribution in [3.63, 3.8) is 0 Å². The van der Waals surface area contributed by atoms with Gasteiger partial charge in [0, 0.05) is 11.8 Å². The molecule has 0 aliphatic carbocycles. The van der Waals surface area contributed by atoms with Crippen molar-refractivity contribution in [3.05, 3.63) is 35.6 Å². The molecule has 0 fully saturated rings. The Hall–Kier alpha value is -2.28. The third kappa shape index (κ3) is 2.21. The number of rotatable bonds is 3. The van der Waals surface area contributed by atoms with E-state index in [-0.39, 0.29) is 0 Å². The Labute approximate surface area is 104 Å². The van der Waals surface area contributed by atoms with Gasteiger partial charge in [-0.1, -0.05) is 0 Å². The number of hydrogen-bond donors (Lipinski definition) is 1. The number of nitrogens with zero attached hydrogens (tertiary/aromatic N) is 1. The Kier molecular flexibility index (Phi) is 2.84. The normalized spacial score (nSPS) is 11.4. The molecule has 0 saturated heterocycles. The van der Waals surface area contributed by atoms with Crippen LogP contribution in [0.2, 0.25) is 0 Å². The summed E-state index contributed by atoms with van der Waals surface area (Å²) in [5.41, 5.74) is 0.365.